The second kappa shape index (κ2) is 5.30. The van der Waals surface area contributed by atoms with Gasteiger partial charge in [0.15, 0.2) is 0 Å². The molecule has 1 aliphatic carbocycles. The normalized spacial score (nSPS) is 15.1. The summed E-state index contributed by atoms with van der Waals surface area (Å²) in [4.78, 5) is 6.59. The lowest BCUT2D eigenvalue weighted by Crippen LogP contribution is -2.25. The zero-order valence-corrected chi connectivity index (χ0v) is 10.2. The molecule has 1 N–H and O–H groups in total. The van der Waals surface area contributed by atoms with Gasteiger partial charge in [0.1, 0.15) is 0 Å². The van der Waals surface area contributed by atoms with Crippen LogP contribution in [0.1, 0.15) is 32.3 Å². The van der Waals surface area contributed by atoms with E-state index in [1.54, 1.807) is 0 Å². The van der Waals surface area contributed by atoms with Gasteiger partial charge < -0.3 is 10.2 Å². The number of rotatable bonds is 6. The van der Waals surface area contributed by atoms with Crippen LogP contribution in [-0.4, -0.2) is 24.1 Å². The Morgan fingerprint density at radius 3 is 2.75 bits per heavy atom. The average molecular weight is 219 g/mol. The summed E-state index contributed by atoms with van der Waals surface area (Å²) >= 11 is 0. The van der Waals surface area contributed by atoms with Gasteiger partial charge in [-0.05, 0) is 38.3 Å². The van der Waals surface area contributed by atoms with Gasteiger partial charge in [-0.1, -0.05) is 0 Å². The maximum Gasteiger partial charge on any atom is 0.0598 e. The minimum atomic E-state index is 0.762. The van der Waals surface area contributed by atoms with Gasteiger partial charge in [0, 0.05) is 31.9 Å². The van der Waals surface area contributed by atoms with Crippen LogP contribution >= 0.6 is 0 Å². The monoisotopic (exact) mass is 219 g/mol. The molecule has 3 heteroatoms. The number of pyridine rings is 1. The quantitative estimate of drug-likeness (QED) is 0.795. The number of anilines is 1. The molecular formula is C13H21N3. The Labute approximate surface area is 97.9 Å². The summed E-state index contributed by atoms with van der Waals surface area (Å²) in [6.07, 6.45) is 6.55. The Kier molecular flexibility index (Phi) is 3.78. The Balaban J connectivity index is 2.08. The minimum absolute atomic E-state index is 0.762. The van der Waals surface area contributed by atoms with Crippen LogP contribution in [0, 0.1) is 0 Å². The number of nitrogens with zero attached hydrogens (tertiary/aromatic N) is 2. The van der Waals surface area contributed by atoms with Gasteiger partial charge in [0.2, 0.25) is 0 Å². The van der Waals surface area contributed by atoms with Crippen molar-refractivity contribution < 1.29 is 0 Å². The summed E-state index contributed by atoms with van der Waals surface area (Å²) in [6, 6.07) is 2.89. The molecule has 1 aromatic heterocycles. The first-order valence-electron chi connectivity index (χ1n) is 6.26. The van der Waals surface area contributed by atoms with Crippen LogP contribution in [0.4, 0.5) is 5.69 Å². The van der Waals surface area contributed by atoms with E-state index < -0.39 is 0 Å². The fraction of sp³-hybridized carbons (Fsp3) is 0.615. The summed E-state index contributed by atoms with van der Waals surface area (Å²) in [5.74, 6) is 0. The molecule has 0 unspecified atom stereocenters. The van der Waals surface area contributed by atoms with Gasteiger partial charge >= 0.3 is 0 Å². The highest BCUT2D eigenvalue weighted by Crippen LogP contribution is 2.22. The second-order valence-electron chi connectivity index (χ2n) is 4.33. The molecule has 0 amide bonds. The fourth-order valence-corrected chi connectivity index (χ4v) is 1.96. The lowest BCUT2D eigenvalue weighted by molar-refractivity contribution is 0.683. The Morgan fingerprint density at radius 1 is 1.38 bits per heavy atom. The summed E-state index contributed by atoms with van der Waals surface area (Å²) in [7, 11) is 0. The van der Waals surface area contributed by atoms with Gasteiger partial charge in [0.25, 0.3) is 0 Å². The largest absolute Gasteiger partial charge is 0.371 e. The van der Waals surface area contributed by atoms with Crippen LogP contribution in [0.3, 0.4) is 0 Å². The smallest absolute Gasteiger partial charge is 0.0598 e. The highest BCUT2D eigenvalue weighted by Gasteiger charge is 2.20. The zero-order valence-electron chi connectivity index (χ0n) is 10.2. The van der Waals surface area contributed by atoms with Crippen molar-refractivity contribution in [3.05, 3.63) is 24.0 Å². The molecule has 0 aromatic carbocycles. The van der Waals surface area contributed by atoms with Crippen LogP contribution in [-0.2, 0) is 6.54 Å². The first-order chi connectivity index (χ1) is 7.85. The van der Waals surface area contributed by atoms with Crippen LogP contribution in [0.15, 0.2) is 18.5 Å². The van der Waals surface area contributed by atoms with Crippen molar-refractivity contribution in [2.75, 3.05) is 18.0 Å². The van der Waals surface area contributed by atoms with E-state index in [-0.39, 0.29) is 0 Å². The molecule has 1 fully saturated rings. The number of hydrogen-bond acceptors (Lipinski definition) is 3. The van der Waals surface area contributed by atoms with E-state index in [0.717, 1.165) is 25.7 Å². The topological polar surface area (TPSA) is 28.2 Å². The standard InChI is InChI=1S/C13H21N3/c1-3-16(4-2)13-10-14-8-7-11(13)9-15-12-5-6-12/h7-8,10,12,15H,3-6,9H2,1-2H3. The van der Waals surface area contributed by atoms with Gasteiger partial charge in [-0.2, -0.15) is 0 Å². The third-order valence-electron chi connectivity index (χ3n) is 3.15. The van der Waals surface area contributed by atoms with Crippen molar-refractivity contribution in [3.8, 4) is 0 Å². The maximum absolute atomic E-state index is 4.24. The SMILES string of the molecule is CCN(CC)c1cnccc1CNC1CC1. The molecule has 1 aliphatic rings. The third kappa shape index (κ3) is 2.73. The minimum Gasteiger partial charge on any atom is -0.371 e. The van der Waals surface area contributed by atoms with Crippen LogP contribution in [0.5, 0.6) is 0 Å². The van der Waals surface area contributed by atoms with Gasteiger partial charge in [0.05, 0.1) is 11.9 Å². The first kappa shape index (κ1) is 11.4. The predicted molar refractivity (Wildman–Crippen MR) is 67.7 cm³/mol. The van der Waals surface area contributed by atoms with E-state index in [9.17, 15) is 0 Å². The first-order valence-corrected chi connectivity index (χ1v) is 6.26. The van der Waals surface area contributed by atoms with E-state index >= 15 is 0 Å². The lowest BCUT2D eigenvalue weighted by Gasteiger charge is -2.23. The Hall–Kier alpha value is -1.09. The van der Waals surface area contributed by atoms with E-state index in [4.69, 9.17) is 0 Å². The van der Waals surface area contributed by atoms with Gasteiger partial charge in [-0.3, -0.25) is 4.98 Å². The van der Waals surface area contributed by atoms with E-state index in [2.05, 4.69) is 35.1 Å². The third-order valence-corrected chi connectivity index (χ3v) is 3.15. The average Bonchev–Trinajstić information content (AvgIpc) is 3.13. The molecule has 0 saturated heterocycles. The molecule has 0 aliphatic heterocycles. The lowest BCUT2D eigenvalue weighted by atomic mass is 10.2. The molecule has 2 rings (SSSR count). The van der Waals surface area contributed by atoms with E-state index in [0.29, 0.717) is 0 Å². The maximum atomic E-state index is 4.24. The number of hydrogen-bond donors (Lipinski definition) is 1. The molecule has 0 bridgehead atoms. The molecule has 1 heterocycles. The summed E-state index contributed by atoms with van der Waals surface area (Å²) < 4.78 is 0. The van der Waals surface area contributed by atoms with Crippen LogP contribution in [0.25, 0.3) is 0 Å². The zero-order chi connectivity index (χ0) is 11.4. The van der Waals surface area contributed by atoms with Crippen LogP contribution in [0.2, 0.25) is 0 Å². The number of nitrogens with one attached hydrogen (secondary N) is 1. The van der Waals surface area contributed by atoms with Crippen molar-refractivity contribution in [2.24, 2.45) is 0 Å². The molecule has 0 spiro atoms. The summed E-state index contributed by atoms with van der Waals surface area (Å²) in [5.41, 5.74) is 2.64. The molecule has 16 heavy (non-hydrogen) atoms. The molecule has 0 atom stereocenters. The summed E-state index contributed by atoms with van der Waals surface area (Å²) in [6.45, 7) is 7.43. The van der Waals surface area contributed by atoms with Crippen molar-refractivity contribution >= 4 is 5.69 Å². The second-order valence-corrected chi connectivity index (χ2v) is 4.33. The predicted octanol–water partition coefficient (Wildman–Crippen LogP) is 2.18. The van der Waals surface area contributed by atoms with Crippen LogP contribution < -0.4 is 10.2 Å². The van der Waals surface area contributed by atoms with Gasteiger partial charge in [-0.25, -0.2) is 0 Å². The fourth-order valence-electron chi connectivity index (χ4n) is 1.96. The van der Waals surface area contributed by atoms with Crippen molar-refractivity contribution in [2.45, 2.75) is 39.3 Å². The van der Waals surface area contributed by atoms with Crippen molar-refractivity contribution in [1.82, 2.24) is 10.3 Å². The van der Waals surface area contributed by atoms with E-state index in [1.807, 2.05) is 12.4 Å². The number of aromatic nitrogens is 1. The van der Waals surface area contributed by atoms with Gasteiger partial charge in [-0.15, -0.1) is 0 Å². The molecular weight excluding hydrogens is 198 g/mol. The van der Waals surface area contributed by atoms with E-state index in [1.165, 1.54) is 24.1 Å². The molecule has 88 valence electrons. The highest BCUT2D eigenvalue weighted by molar-refractivity contribution is 5.51. The Bertz CT molecular complexity index is 330. The molecule has 0 radical (unpaired) electrons. The van der Waals surface area contributed by atoms with Crippen molar-refractivity contribution in [1.29, 1.82) is 0 Å². The molecule has 1 aromatic rings. The Morgan fingerprint density at radius 2 is 2.12 bits per heavy atom. The molecule has 1 saturated carbocycles. The molecule has 3 nitrogen and oxygen atoms in total. The highest BCUT2D eigenvalue weighted by atomic mass is 15.1. The van der Waals surface area contributed by atoms with Crippen molar-refractivity contribution in [3.63, 3.8) is 0 Å². The summed E-state index contributed by atoms with van der Waals surface area (Å²) in [5, 5.41) is 3.56.